The van der Waals surface area contributed by atoms with Crippen molar-refractivity contribution in [1.82, 2.24) is 4.90 Å². The number of alkyl halides is 1. The van der Waals surface area contributed by atoms with Gasteiger partial charge in [-0.2, -0.15) is 0 Å². The van der Waals surface area contributed by atoms with Gasteiger partial charge in [0.2, 0.25) is 0 Å². The predicted molar refractivity (Wildman–Crippen MR) is 61.7 cm³/mol. The van der Waals surface area contributed by atoms with Gasteiger partial charge in [-0.05, 0) is 18.2 Å². The van der Waals surface area contributed by atoms with Crippen molar-refractivity contribution >= 4 is 21.8 Å². The maximum atomic E-state index is 12.9. The number of halogens is 2. The number of carbonyl (C=O) groups is 1. The number of rotatable bonds is 3. The molecule has 0 saturated carbocycles. The lowest BCUT2D eigenvalue weighted by Gasteiger charge is -2.18. The zero-order valence-corrected chi connectivity index (χ0v) is 10.3. The van der Waals surface area contributed by atoms with Gasteiger partial charge in [-0.15, -0.1) is 0 Å². The molecule has 1 rings (SSSR count). The Morgan fingerprint density at radius 1 is 1.60 bits per heavy atom. The largest absolute Gasteiger partial charge is 0.341 e. The number of carbonyl (C=O) groups excluding carboxylic acids is 1. The first-order chi connectivity index (χ1) is 7.00. The minimum atomic E-state index is -0.388. The summed E-state index contributed by atoms with van der Waals surface area (Å²) in [6.07, 6.45) is 0. The molecular formula is C11H13BrFNO. The Balaban J connectivity index is 2.76. The molecule has 0 fully saturated rings. The second-order valence-electron chi connectivity index (χ2n) is 3.48. The highest BCUT2D eigenvalue weighted by Gasteiger charge is 2.13. The molecule has 0 bridgehead atoms. The van der Waals surface area contributed by atoms with Crippen LogP contribution in [0.25, 0.3) is 0 Å². The van der Waals surface area contributed by atoms with Crippen LogP contribution in [0.4, 0.5) is 4.39 Å². The van der Waals surface area contributed by atoms with E-state index in [0.717, 1.165) is 0 Å². The van der Waals surface area contributed by atoms with Crippen LogP contribution in [-0.2, 0) is 0 Å². The van der Waals surface area contributed by atoms with Crippen LogP contribution in [0, 0.1) is 5.82 Å². The first-order valence-corrected chi connectivity index (χ1v) is 5.57. The molecule has 0 heterocycles. The van der Waals surface area contributed by atoms with Crippen LogP contribution >= 0.6 is 15.9 Å². The van der Waals surface area contributed by atoms with Crippen molar-refractivity contribution in [1.29, 1.82) is 0 Å². The van der Waals surface area contributed by atoms with Crippen molar-refractivity contribution in [3.05, 3.63) is 35.6 Å². The van der Waals surface area contributed by atoms with Crippen molar-refractivity contribution in [2.45, 2.75) is 11.8 Å². The fourth-order valence-corrected chi connectivity index (χ4v) is 1.74. The second-order valence-corrected chi connectivity index (χ2v) is 5.04. The van der Waals surface area contributed by atoms with E-state index in [1.165, 1.54) is 18.2 Å². The van der Waals surface area contributed by atoms with Gasteiger partial charge in [0, 0.05) is 24.0 Å². The van der Waals surface area contributed by atoms with Crippen LogP contribution in [0.15, 0.2) is 24.3 Å². The lowest BCUT2D eigenvalue weighted by molar-refractivity contribution is 0.0797. The highest BCUT2D eigenvalue weighted by molar-refractivity contribution is 9.09. The average molecular weight is 274 g/mol. The maximum Gasteiger partial charge on any atom is 0.253 e. The summed E-state index contributed by atoms with van der Waals surface area (Å²) in [5, 5.41) is 0. The standard InChI is InChI=1S/C11H13BrFNO/c1-8(12)7-14(2)11(15)9-4-3-5-10(13)6-9/h3-6,8H,7H2,1-2H3. The lowest BCUT2D eigenvalue weighted by Crippen LogP contribution is -2.31. The molecule has 82 valence electrons. The Bertz CT molecular complexity index is 354. The Morgan fingerprint density at radius 3 is 2.80 bits per heavy atom. The fourth-order valence-electron chi connectivity index (χ4n) is 1.30. The normalized spacial score (nSPS) is 12.3. The summed E-state index contributed by atoms with van der Waals surface area (Å²) in [7, 11) is 1.70. The SMILES string of the molecule is CC(Br)CN(C)C(=O)c1cccc(F)c1. The third-order valence-corrected chi connectivity index (χ3v) is 2.23. The van der Waals surface area contributed by atoms with Crippen molar-refractivity contribution in [2.75, 3.05) is 13.6 Å². The minimum absolute atomic E-state index is 0.166. The van der Waals surface area contributed by atoms with Crippen LogP contribution in [0.3, 0.4) is 0 Å². The van der Waals surface area contributed by atoms with Gasteiger partial charge in [-0.3, -0.25) is 4.79 Å². The van der Waals surface area contributed by atoms with Crippen LogP contribution in [-0.4, -0.2) is 29.2 Å². The van der Waals surface area contributed by atoms with Crippen molar-refractivity contribution in [3.8, 4) is 0 Å². The Morgan fingerprint density at radius 2 is 2.27 bits per heavy atom. The second kappa shape index (κ2) is 5.26. The summed E-state index contributed by atoms with van der Waals surface area (Å²) in [5.74, 6) is -0.554. The molecule has 0 spiro atoms. The topological polar surface area (TPSA) is 20.3 Å². The number of hydrogen-bond acceptors (Lipinski definition) is 1. The van der Waals surface area contributed by atoms with E-state index >= 15 is 0 Å². The number of benzene rings is 1. The highest BCUT2D eigenvalue weighted by Crippen LogP contribution is 2.08. The first kappa shape index (κ1) is 12.2. The van der Waals surface area contributed by atoms with E-state index in [1.54, 1.807) is 18.0 Å². The highest BCUT2D eigenvalue weighted by atomic mass is 79.9. The van der Waals surface area contributed by atoms with Gasteiger partial charge < -0.3 is 4.90 Å². The molecule has 0 aromatic heterocycles. The van der Waals surface area contributed by atoms with E-state index in [-0.39, 0.29) is 16.6 Å². The van der Waals surface area contributed by atoms with Gasteiger partial charge in [-0.25, -0.2) is 4.39 Å². The molecule has 4 heteroatoms. The van der Waals surface area contributed by atoms with Crippen LogP contribution in [0.5, 0.6) is 0 Å². The molecule has 0 saturated heterocycles. The van der Waals surface area contributed by atoms with Crippen LogP contribution in [0.1, 0.15) is 17.3 Å². The zero-order chi connectivity index (χ0) is 11.4. The smallest absolute Gasteiger partial charge is 0.253 e. The van der Waals surface area contributed by atoms with Crippen molar-refractivity contribution in [3.63, 3.8) is 0 Å². The van der Waals surface area contributed by atoms with E-state index in [1.807, 2.05) is 6.92 Å². The monoisotopic (exact) mass is 273 g/mol. The van der Waals surface area contributed by atoms with E-state index in [0.29, 0.717) is 12.1 Å². The maximum absolute atomic E-state index is 12.9. The molecule has 0 N–H and O–H groups in total. The van der Waals surface area contributed by atoms with E-state index in [2.05, 4.69) is 15.9 Å². The number of amides is 1. The Kier molecular flexibility index (Phi) is 4.27. The molecule has 1 unspecified atom stereocenters. The molecule has 1 atom stereocenters. The molecular weight excluding hydrogens is 261 g/mol. The predicted octanol–water partition coefficient (Wildman–Crippen LogP) is 2.68. The van der Waals surface area contributed by atoms with E-state index < -0.39 is 0 Å². The first-order valence-electron chi connectivity index (χ1n) is 4.66. The van der Waals surface area contributed by atoms with E-state index in [4.69, 9.17) is 0 Å². The summed E-state index contributed by atoms with van der Waals surface area (Å²) in [6, 6.07) is 5.72. The molecule has 0 aliphatic rings. The van der Waals surface area contributed by atoms with Crippen molar-refractivity contribution in [2.24, 2.45) is 0 Å². The molecule has 0 radical (unpaired) electrons. The van der Waals surface area contributed by atoms with E-state index in [9.17, 15) is 9.18 Å². The van der Waals surface area contributed by atoms with Crippen LogP contribution < -0.4 is 0 Å². The molecule has 1 aromatic rings. The van der Waals surface area contributed by atoms with Gasteiger partial charge in [0.15, 0.2) is 0 Å². The Labute approximate surface area is 97.2 Å². The molecule has 0 aliphatic heterocycles. The van der Waals surface area contributed by atoms with Gasteiger partial charge >= 0.3 is 0 Å². The fraction of sp³-hybridized carbons (Fsp3) is 0.364. The van der Waals surface area contributed by atoms with Gasteiger partial charge in [0.1, 0.15) is 5.82 Å². The molecule has 15 heavy (non-hydrogen) atoms. The summed E-state index contributed by atoms with van der Waals surface area (Å²) < 4.78 is 12.9. The summed E-state index contributed by atoms with van der Waals surface area (Å²) in [6.45, 7) is 2.55. The quantitative estimate of drug-likeness (QED) is 0.776. The number of hydrogen-bond donors (Lipinski definition) is 0. The van der Waals surface area contributed by atoms with Crippen LogP contribution in [0.2, 0.25) is 0 Å². The van der Waals surface area contributed by atoms with Gasteiger partial charge in [0.05, 0.1) is 0 Å². The summed E-state index contributed by atoms with van der Waals surface area (Å²) >= 11 is 3.36. The number of nitrogens with zero attached hydrogens (tertiary/aromatic N) is 1. The van der Waals surface area contributed by atoms with Gasteiger partial charge in [0.25, 0.3) is 5.91 Å². The lowest BCUT2D eigenvalue weighted by atomic mass is 10.2. The molecule has 1 amide bonds. The van der Waals surface area contributed by atoms with Crippen molar-refractivity contribution < 1.29 is 9.18 Å². The molecule has 2 nitrogen and oxygen atoms in total. The summed E-state index contributed by atoms with van der Waals surface area (Å²) in [5.41, 5.74) is 0.380. The molecule has 0 aliphatic carbocycles. The third kappa shape index (κ3) is 3.63. The third-order valence-electron chi connectivity index (χ3n) is 1.94. The Hall–Kier alpha value is -0.900. The minimum Gasteiger partial charge on any atom is -0.341 e. The zero-order valence-electron chi connectivity index (χ0n) is 8.71. The summed E-state index contributed by atoms with van der Waals surface area (Å²) in [4.78, 5) is 13.6. The van der Waals surface area contributed by atoms with Gasteiger partial charge in [-0.1, -0.05) is 28.9 Å². The molecule has 1 aromatic carbocycles. The average Bonchev–Trinajstić information content (AvgIpc) is 2.15.